The third-order valence-corrected chi connectivity index (χ3v) is 3.51. The molecule has 1 saturated heterocycles. The van der Waals surface area contributed by atoms with E-state index in [-0.39, 0.29) is 11.3 Å². The van der Waals surface area contributed by atoms with Crippen molar-refractivity contribution in [2.45, 2.75) is 37.3 Å². The molecule has 1 heterocycles. The van der Waals surface area contributed by atoms with E-state index in [1.54, 1.807) is 0 Å². The van der Waals surface area contributed by atoms with Crippen LogP contribution < -0.4 is 0 Å². The average molecular weight is 273 g/mol. The maximum atomic E-state index is 13.0. The summed E-state index contributed by atoms with van der Waals surface area (Å²) >= 11 is 0. The van der Waals surface area contributed by atoms with Crippen molar-refractivity contribution in [2.75, 3.05) is 0 Å². The lowest BCUT2D eigenvalue weighted by Crippen LogP contribution is -2.70. The molecule has 0 aromatic carbocycles. The van der Waals surface area contributed by atoms with Gasteiger partial charge in [-0.1, -0.05) is 12.2 Å². The van der Waals surface area contributed by atoms with Gasteiger partial charge in [0.1, 0.15) is 0 Å². The van der Waals surface area contributed by atoms with Crippen LogP contribution in [0.2, 0.25) is 0 Å². The van der Waals surface area contributed by atoms with Crippen LogP contribution >= 0.6 is 0 Å². The minimum atomic E-state index is -5.55. The molecule has 2 rings (SSSR count). The number of amides is 1. The fraction of sp³-hybridized carbons (Fsp3) is 0.700. The Labute approximate surface area is 98.2 Å². The van der Waals surface area contributed by atoms with Crippen LogP contribution in [0, 0.1) is 5.92 Å². The van der Waals surface area contributed by atoms with Crippen LogP contribution in [-0.2, 0) is 4.79 Å². The van der Waals surface area contributed by atoms with Gasteiger partial charge in [-0.15, -0.1) is 0 Å². The van der Waals surface area contributed by atoms with E-state index in [4.69, 9.17) is 0 Å². The molecule has 2 nitrogen and oxygen atoms in total. The van der Waals surface area contributed by atoms with Crippen LogP contribution in [0.15, 0.2) is 12.2 Å². The van der Waals surface area contributed by atoms with Crippen molar-refractivity contribution in [3.63, 3.8) is 0 Å². The molecule has 8 heteroatoms. The Kier molecular flexibility index (Phi) is 2.51. The van der Waals surface area contributed by atoms with Crippen molar-refractivity contribution in [3.8, 4) is 0 Å². The predicted molar refractivity (Wildman–Crippen MR) is 48.4 cm³/mol. The van der Waals surface area contributed by atoms with E-state index in [1.165, 1.54) is 6.08 Å². The maximum absolute atomic E-state index is 13.0. The summed E-state index contributed by atoms with van der Waals surface area (Å²) in [5, 5.41) is 0. The van der Waals surface area contributed by atoms with E-state index >= 15 is 0 Å². The van der Waals surface area contributed by atoms with Gasteiger partial charge in [0, 0.05) is 12.8 Å². The Morgan fingerprint density at radius 2 is 1.67 bits per heavy atom. The van der Waals surface area contributed by atoms with Crippen LogP contribution in [0.5, 0.6) is 0 Å². The maximum Gasteiger partial charge on any atom is 0.421 e. The summed E-state index contributed by atoms with van der Waals surface area (Å²) in [6.45, 7) is 0.723. The van der Waals surface area contributed by atoms with Crippen LogP contribution in [0.3, 0.4) is 0 Å². The van der Waals surface area contributed by atoms with Crippen molar-refractivity contribution in [2.24, 2.45) is 5.92 Å². The first-order chi connectivity index (χ1) is 8.03. The van der Waals surface area contributed by atoms with Crippen LogP contribution in [0.1, 0.15) is 13.3 Å². The second kappa shape index (κ2) is 3.42. The number of likely N-dealkylation sites (tertiary alicyclic amines) is 1. The first-order valence-electron chi connectivity index (χ1n) is 5.15. The Balaban J connectivity index is 2.66. The highest BCUT2D eigenvalue weighted by molar-refractivity contribution is 5.76. The first kappa shape index (κ1) is 13.2. The molecule has 2 bridgehead atoms. The van der Waals surface area contributed by atoms with E-state index < -0.39 is 35.8 Å². The van der Waals surface area contributed by atoms with Crippen molar-refractivity contribution in [3.05, 3.63) is 12.2 Å². The monoisotopic (exact) mass is 273 g/mol. The Bertz CT molecular complexity index is 396. The molecule has 0 unspecified atom stereocenters. The van der Waals surface area contributed by atoms with Crippen molar-refractivity contribution in [1.82, 2.24) is 4.90 Å². The SMILES string of the molecule is CC(=O)N1[C@H]2C=C[C@@H](C2)C1(C(F)(F)F)C(F)(F)F. The van der Waals surface area contributed by atoms with E-state index in [0.29, 0.717) is 0 Å². The molecule has 2 atom stereocenters. The van der Waals surface area contributed by atoms with Crippen LogP contribution in [-0.4, -0.2) is 34.7 Å². The molecule has 0 saturated carbocycles. The molecule has 0 spiro atoms. The van der Waals surface area contributed by atoms with Crippen LogP contribution in [0.25, 0.3) is 0 Å². The highest BCUT2D eigenvalue weighted by Crippen LogP contribution is 2.60. The minimum absolute atomic E-state index is 0.0718. The second-order valence-electron chi connectivity index (χ2n) is 4.45. The fourth-order valence-electron chi connectivity index (χ4n) is 2.96. The van der Waals surface area contributed by atoms with Crippen LogP contribution in [0.4, 0.5) is 26.3 Å². The Morgan fingerprint density at radius 1 is 1.17 bits per heavy atom. The van der Waals surface area contributed by atoms with Gasteiger partial charge < -0.3 is 4.90 Å². The van der Waals surface area contributed by atoms with E-state index in [0.717, 1.165) is 13.0 Å². The molecule has 2 aliphatic rings. The molecule has 1 aliphatic carbocycles. The molecule has 0 N–H and O–H groups in total. The zero-order valence-corrected chi connectivity index (χ0v) is 9.14. The number of nitrogens with zero attached hydrogens (tertiary/aromatic N) is 1. The average Bonchev–Trinajstić information content (AvgIpc) is 2.70. The number of carbonyl (C=O) groups excluding carboxylic acids is 1. The van der Waals surface area contributed by atoms with Crippen molar-refractivity contribution >= 4 is 5.91 Å². The summed E-state index contributed by atoms with van der Waals surface area (Å²) in [5.74, 6) is -2.98. The molecular weight excluding hydrogens is 264 g/mol. The van der Waals surface area contributed by atoms with Gasteiger partial charge >= 0.3 is 12.4 Å². The van der Waals surface area contributed by atoms with Gasteiger partial charge in [-0.3, -0.25) is 4.79 Å². The number of hydrogen-bond acceptors (Lipinski definition) is 1. The lowest BCUT2D eigenvalue weighted by atomic mass is 9.83. The molecule has 102 valence electrons. The quantitative estimate of drug-likeness (QED) is 0.491. The topological polar surface area (TPSA) is 20.3 Å². The van der Waals surface area contributed by atoms with E-state index in [1.807, 2.05) is 0 Å². The Hall–Kier alpha value is -1.21. The number of halogens is 6. The fourth-order valence-corrected chi connectivity index (χ4v) is 2.96. The normalized spacial score (nSPS) is 30.1. The third-order valence-electron chi connectivity index (χ3n) is 3.51. The lowest BCUT2D eigenvalue weighted by Gasteiger charge is -2.45. The third kappa shape index (κ3) is 1.34. The van der Waals surface area contributed by atoms with Gasteiger partial charge in [-0.25, -0.2) is 0 Å². The van der Waals surface area contributed by atoms with Crippen molar-refractivity contribution < 1.29 is 31.1 Å². The van der Waals surface area contributed by atoms with Gasteiger partial charge in [-0.05, 0) is 6.42 Å². The van der Waals surface area contributed by atoms with Gasteiger partial charge in [0.25, 0.3) is 0 Å². The number of fused-ring (bicyclic) bond motifs is 2. The van der Waals surface area contributed by atoms with Gasteiger partial charge in [0.05, 0.1) is 6.04 Å². The summed E-state index contributed by atoms with van der Waals surface area (Å²) < 4.78 is 78.2. The summed E-state index contributed by atoms with van der Waals surface area (Å²) in [4.78, 5) is 11.2. The number of alkyl halides is 6. The van der Waals surface area contributed by atoms with Crippen molar-refractivity contribution in [1.29, 1.82) is 0 Å². The van der Waals surface area contributed by atoms with E-state index in [9.17, 15) is 31.1 Å². The largest absolute Gasteiger partial charge is 0.421 e. The molecule has 0 radical (unpaired) electrons. The smallest absolute Gasteiger partial charge is 0.314 e. The summed E-state index contributed by atoms with van der Waals surface area (Å²) in [5.41, 5.74) is -4.08. The second-order valence-corrected chi connectivity index (χ2v) is 4.45. The molecule has 0 aromatic heterocycles. The highest BCUT2D eigenvalue weighted by atomic mass is 19.4. The van der Waals surface area contributed by atoms with Gasteiger partial charge in [0.2, 0.25) is 11.4 Å². The molecular formula is C10H9F6NO. The zero-order valence-electron chi connectivity index (χ0n) is 9.14. The van der Waals surface area contributed by atoms with Gasteiger partial charge in [0.15, 0.2) is 0 Å². The summed E-state index contributed by atoms with van der Waals surface area (Å²) in [7, 11) is 0. The zero-order chi connectivity index (χ0) is 13.9. The number of carbonyl (C=O) groups is 1. The Morgan fingerprint density at radius 3 is 2.00 bits per heavy atom. The molecule has 1 fully saturated rings. The predicted octanol–water partition coefficient (Wildman–Crippen LogP) is 2.66. The lowest BCUT2D eigenvalue weighted by molar-refractivity contribution is -0.338. The molecule has 1 amide bonds. The van der Waals surface area contributed by atoms with Gasteiger partial charge in [-0.2, -0.15) is 26.3 Å². The number of hydrogen-bond donors (Lipinski definition) is 0. The highest BCUT2D eigenvalue weighted by Gasteiger charge is 2.81. The number of rotatable bonds is 0. The minimum Gasteiger partial charge on any atom is -0.314 e. The van der Waals surface area contributed by atoms with E-state index in [2.05, 4.69) is 0 Å². The summed E-state index contributed by atoms with van der Waals surface area (Å²) in [6, 6.07) is -1.13. The molecule has 1 aliphatic heterocycles. The standard InChI is InChI=1S/C10H9F6NO/c1-5(18)17-7-3-2-6(4-7)8(17,9(11,12)13)10(14,15)16/h2-3,6-7H,4H2,1H3/t6-,7-/m0/s1. The molecule has 18 heavy (non-hydrogen) atoms. The first-order valence-corrected chi connectivity index (χ1v) is 5.15. The summed E-state index contributed by atoms with van der Waals surface area (Å²) in [6.07, 6.45) is -9.31. The molecule has 0 aromatic rings.